The average Bonchev–Trinajstić information content (AvgIpc) is 2.86. The normalized spacial score (nSPS) is 11.4. The molecule has 0 saturated carbocycles. The monoisotopic (exact) mass is 357 g/mol. The zero-order valence-electron chi connectivity index (χ0n) is 10.2. The summed E-state index contributed by atoms with van der Waals surface area (Å²) < 4.78 is 14.2. The van der Waals surface area contributed by atoms with Crippen molar-refractivity contribution in [2.24, 2.45) is 5.16 Å². The van der Waals surface area contributed by atoms with Crippen LogP contribution in [0.15, 0.2) is 33.2 Å². The second-order valence-electron chi connectivity index (χ2n) is 3.80. The standard InChI is InChI=1S/C12H9BrFN3O2S/c1-6(17-19)10-5-20-12(15-10)16-11(18)8-3-2-7(13)4-9(8)14/h2-5,19H,1H3,(H,15,16,18). The van der Waals surface area contributed by atoms with Crippen LogP contribution >= 0.6 is 27.3 Å². The third-order valence-electron chi connectivity index (χ3n) is 2.42. The van der Waals surface area contributed by atoms with Crippen LogP contribution in [-0.2, 0) is 0 Å². The van der Waals surface area contributed by atoms with Crippen LogP contribution in [0, 0.1) is 5.82 Å². The Hall–Kier alpha value is -1.80. The summed E-state index contributed by atoms with van der Waals surface area (Å²) in [5.41, 5.74) is 0.707. The summed E-state index contributed by atoms with van der Waals surface area (Å²) in [6.45, 7) is 1.58. The van der Waals surface area contributed by atoms with Crippen LogP contribution < -0.4 is 5.32 Å². The molecule has 1 amide bonds. The predicted octanol–water partition coefficient (Wildman–Crippen LogP) is 3.50. The lowest BCUT2D eigenvalue weighted by molar-refractivity contribution is 0.102. The summed E-state index contributed by atoms with van der Waals surface area (Å²) in [7, 11) is 0. The molecule has 8 heteroatoms. The fourth-order valence-electron chi connectivity index (χ4n) is 1.39. The number of carbonyl (C=O) groups excluding carboxylic acids is 1. The van der Waals surface area contributed by atoms with E-state index in [1.54, 1.807) is 18.4 Å². The number of hydrogen-bond donors (Lipinski definition) is 2. The molecule has 2 aromatic rings. The van der Waals surface area contributed by atoms with E-state index in [9.17, 15) is 9.18 Å². The van der Waals surface area contributed by atoms with Gasteiger partial charge < -0.3 is 5.21 Å². The molecule has 0 atom stereocenters. The van der Waals surface area contributed by atoms with Crippen LogP contribution in [-0.4, -0.2) is 21.8 Å². The lowest BCUT2D eigenvalue weighted by atomic mass is 10.2. The van der Waals surface area contributed by atoms with Crippen LogP contribution in [0.1, 0.15) is 23.0 Å². The Morgan fingerprint density at radius 1 is 1.55 bits per heavy atom. The van der Waals surface area contributed by atoms with Crippen LogP contribution in [0.4, 0.5) is 9.52 Å². The summed E-state index contributed by atoms with van der Waals surface area (Å²) in [5.74, 6) is -1.21. The van der Waals surface area contributed by atoms with Gasteiger partial charge in [-0.15, -0.1) is 11.3 Å². The molecule has 0 aliphatic rings. The molecule has 0 aliphatic carbocycles. The largest absolute Gasteiger partial charge is 0.411 e. The van der Waals surface area contributed by atoms with Gasteiger partial charge in [0.25, 0.3) is 5.91 Å². The molecule has 0 saturated heterocycles. The maximum Gasteiger partial charge on any atom is 0.260 e. The number of thiazole rings is 1. The van der Waals surface area contributed by atoms with E-state index in [-0.39, 0.29) is 5.56 Å². The lowest BCUT2D eigenvalue weighted by Crippen LogP contribution is -2.13. The third-order valence-corrected chi connectivity index (χ3v) is 3.67. The topological polar surface area (TPSA) is 74.6 Å². The number of benzene rings is 1. The fraction of sp³-hybridized carbons (Fsp3) is 0.0833. The lowest BCUT2D eigenvalue weighted by Gasteiger charge is -2.03. The molecular formula is C12H9BrFN3O2S. The van der Waals surface area contributed by atoms with E-state index >= 15 is 0 Å². The number of carbonyl (C=O) groups is 1. The number of halogens is 2. The molecule has 0 spiro atoms. The van der Waals surface area contributed by atoms with Crippen molar-refractivity contribution in [1.29, 1.82) is 0 Å². The smallest absolute Gasteiger partial charge is 0.260 e. The molecule has 0 bridgehead atoms. The fourth-order valence-corrected chi connectivity index (χ4v) is 2.47. The van der Waals surface area contributed by atoms with E-state index in [2.05, 4.69) is 31.4 Å². The first-order chi connectivity index (χ1) is 9.51. The quantitative estimate of drug-likeness (QED) is 0.501. The predicted molar refractivity (Wildman–Crippen MR) is 78.2 cm³/mol. The highest BCUT2D eigenvalue weighted by atomic mass is 79.9. The van der Waals surface area contributed by atoms with Gasteiger partial charge in [0.15, 0.2) is 5.13 Å². The molecule has 2 N–H and O–H groups in total. The third kappa shape index (κ3) is 3.20. The number of nitrogens with one attached hydrogen (secondary N) is 1. The molecule has 2 rings (SSSR count). The minimum Gasteiger partial charge on any atom is -0.411 e. The number of nitrogens with zero attached hydrogens (tertiary/aromatic N) is 2. The summed E-state index contributed by atoms with van der Waals surface area (Å²) in [5, 5.41) is 16.1. The Kier molecular flexibility index (Phi) is 4.46. The highest BCUT2D eigenvalue weighted by Crippen LogP contribution is 2.19. The number of anilines is 1. The zero-order valence-corrected chi connectivity index (χ0v) is 12.6. The van der Waals surface area contributed by atoms with Gasteiger partial charge in [-0.1, -0.05) is 21.1 Å². The second-order valence-corrected chi connectivity index (χ2v) is 5.58. The van der Waals surface area contributed by atoms with Gasteiger partial charge in [-0.05, 0) is 25.1 Å². The number of hydrogen-bond acceptors (Lipinski definition) is 5. The molecule has 1 heterocycles. The Bertz CT molecular complexity index is 687. The highest BCUT2D eigenvalue weighted by Gasteiger charge is 2.14. The minimum atomic E-state index is -0.623. The van der Waals surface area contributed by atoms with Crippen LogP contribution in [0.5, 0.6) is 0 Å². The zero-order chi connectivity index (χ0) is 14.7. The number of aromatic nitrogens is 1. The van der Waals surface area contributed by atoms with Crippen LogP contribution in [0.3, 0.4) is 0 Å². The van der Waals surface area contributed by atoms with E-state index in [1.807, 2.05) is 0 Å². The maximum absolute atomic E-state index is 13.6. The summed E-state index contributed by atoms with van der Waals surface area (Å²) in [6.07, 6.45) is 0. The Labute approximate surface area is 126 Å². The van der Waals surface area contributed by atoms with Gasteiger partial charge in [-0.2, -0.15) is 0 Å². The number of amides is 1. The first-order valence-electron chi connectivity index (χ1n) is 5.42. The molecule has 1 aromatic heterocycles. The second kappa shape index (κ2) is 6.10. The van der Waals surface area contributed by atoms with Crippen molar-refractivity contribution in [2.45, 2.75) is 6.92 Å². The Morgan fingerprint density at radius 3 is 2.95 bits per heavy atom. The van der Waals surface area contributed by atoms with Crippen molar-refractivity contribution in [1.82, 2.24) is 4.98 Å². The van der Waals surface area contributed by atoms with Crippen LogP contribution in [0.2, 0.25) is 0 Å². The average molecular weight is 358 g/mol. The van der Waals surface area contributed by atoms with Crippen molar-refractivity contribution in [2.75, 3.05) is 5.32 Å². The van der Waals surface area contributed by atoms with E-state index in [1.165, 1.54) is 12.1 Å². The number of rotatable bonds is 3. The van der Waals surface area contributed by atoms with Gasteiger partial charge in [-0.3, -0.25) is 10.1 Å². The van der Waals surface area contributed by atoms with Crippen molar-refractivity contribution in [3.63, 3.8) is 0 Å². The maximum atomic E-state index is 13.6. The van der Waals surface area contributed by atoms with E-state index in [4.69, 9.17) is 5.21 Å². The molecule has 0 aliphatic heterocycles. The molecule has 20 heavy (non-hydrogen) atoms. The van der Waals surface area contributed by atoms with Gasteiger partial charge in [0.1, 0.15) is 17.2 Å². The number of oxime groups is 1. The van der Waals surface area contributed by atoms with Gasteiger partial charge in [-0.25, -0.2) is 9.37 Å². The SMILES string of the molecule is CC(=NO)c1csc(NC(=O)c2ccc(Br)cc2F)n1. The van der Waals surface area contributed by atoms with Gasteiger partial charge >= 0.3 is 0 Å². The Morgan fingerprint density at radius 2 is 2.30 bits per heavy atom. The molecule has 0 radical (unpaired) electrons. The molecule has 104 valence electrons. The summed E-state index contributed by atoms with van der Waals surface area (Å²) in [6, 6.07) is 4.17. The van der Waals surface area contributed by atoms with Crippen molar-refractivity contribution in [3.8, 4) is 0 Å². The van der Waals surface area contributed by atoms with Gasteiger partial charge in [0.2, 0.25) is 0 Å². The van der Waals surface area contributed by atoms with E-state index in [0.29, 0.717) is 21.0 Å². The highest BCUT2D eigenvalue weighted by molar-refractivity contribution is 9.10. The first-order valence-corrected chi connectivity index (χ1v) is 7.09. The first kappa shape index (κ1) is 14.6. The summed E-state index contributed by atoms with van der Waals surface area (Å²) in [4.78, 5) is 16.0. The van der Waals surface area contributed by atoms with E-state index < -0.39 is 11.7 Å². The summed E-state index contributed by atoms with van der Waals surface area (Å²) >= 11 is 4.28. The molecule has 0 fully saturated rings. The van der Waals surface area contributed by atoms with Crippen molar-refractivity contribution < 1.29 is 14.4 Å². The van der Waals surface area contributed by atoms with Gasteiger partial charge in [0.05, 0.1) is 5.56 Å². The van der Waals surface area contributed by atoms with Crippen molar-refractivity contribution >= 4 is 44.0 Å². The molecule has 5 nitrogen and oxygen atoms in total. The minimum absolute atomic E-state index is 0.0718. The molecular weight excluding hydrogens is 349 g/mol. The van der Waals surface area contributed by atoms with E-state index in [0.717, 1.165) is 11.3 Å². The molecule has 0 unspecified atom stereocenters. The molecule has 1 aromatic carbocycles. The Balaban J connectivity index is 2.17. The van der Waals surface area contributed by atoms with Crippen LogP contribution in [0.25, 0.3) is 0 Å². The van der Waals surface area contributed by atoms with Gasteiger partial charge in [0, 0.05) is 9.85 Å². The van der Waals surface area contributed by atoms with Crippen molar-refractivity contribution in [3.05, 3.63) is 45.1 Å².